The highest BCUT2D eigenvalue weighted by Gasteiger charge is 2.10. The fourth-order valence-electron chi connectivity index (χ4n) is 1.71. The molecule has 1 aromatic carbocycles. The number of carbonyl (C=O) groups is 1. The van der Waals surface area contributed by atoms with E-state index in [4.69, 9.17) is 10.4 Å². The molecule has 0 saturated carbocycles. The Morgan fingerprint density at radius 3 is 2.90 bits per heavy atom. The minimum Gasteiger partial charge on any atom is -0.478 e. The predicted molar refractivity (Wildman–Crippen MR) is 74.2 cm³/mol. The highest BCUT2D eigenvalue weighted by molar-refractivity contribution is 5.85. The van der Waals surface area contributed by atoms with Crippen LogP contribution in [0.5, 0.6) is 0 Å². The third-order valence-electron chi connectivity index (χ3n) is 3.04. The topological polar surface area (TPSA) is 64.3 Å². The predicted octanol–water partition coefficient (Wildman–Crippen LogP) is 2.66. The number of rotatable bonds is 6. The second-order valence-corrected chi connectivity index (χ2v) is 4.65. The third-order valence-corrected chi connectivity index (χ3v) is 3.04. The van der Waals surface area contributed by atoms with E-state index < -0.39 is 11.8 Å². The van der Waals surface area contributed by atoms with Crippen molar-refractivity contribution >= 4 is 12.0 Å². The van der Waals surface area contributed by atoms with Crippen molar-refractivity contribution in [3.63, 3.8) is 0 Å². The first-order valence-corrected chi connectivity index (χ1v) is 6.20. The standard InChI is InChI=1S/C15H17FN2O2/c1-11(7-8-17)18(2)10-12-3-5-14(16)13(9-12)4-6-15(19)20/h3-6,9,11H,7,10H2,1-2H3,(H,19,20). The van der Waals surface area contributed by atoms with Gasteiger partial charge in [0.05, 0.1) is 12.5 Å². The number of halogens is 1. The van der Waals surface area contributed by atoms with Crippen molar-refractivity contribution in [1.82, 2.24) is 4.90 Å². The average molecular weight is 276 g/mol. The number of carboxylic acids is 1. The van der Waals surface area contributed by atoms with Crippen LogP contribution in [0.2, 0.25) is 0 Å². The van der Waals surface area contributed by atoms with Gasteiger partial charge in [-0.25, -0.2) is 9.18 Å². The van der Waals surface area contributed by atoms with Gasteiger partial charge in [0, 0.05) is 24.2 Å². The molecule has 0 saturated heterocycles. The molecule has 4 nitrogen and oxygen atoms in total. The van der Waals surface area contributed by atoms with Crippen molar-refractivity contribution in [2.75, 3.05) is 7.05 Å². The molecule has 1 rings (SSSR count). The molecule has 1 aromatic rings. The fourth-order valence-corrected chi connectivity index (χ4v) is 1.71. The molecule has 0 radical (unpaired) electrons. The molecule has 0 bridgehead atoms. The van der Waals surface area contributed by atoms with Crippen LogP contribution in [0, 0.1) is 17.1 Å². The van der Waals surface area contributed by atoms with E-state index in [2.05, 4.69) is 6.07 Å². The van der Waals surface area contributed by atoms with Gasteiger partial charge >= 0.3 is 5.97 Å². The van der Waals surface area contributed by atoms with Crippen LogP contribution in [0.1, 0.15) is 24.5 Å². The van der Waals surface area contributed by atoms with Crippen molar-refractivity contribution in [2.45, 2.75) is 25.9 Å². The van der Waals surface area contributed by atoms with E-state index in [0.29, 0.717) is 13.0 Å². The van der Waals surface area contributed by atoms with Crippen LogP contribution in [0.4, 0.5) is 4.39 Å². The summed E-state index contributed by atoms with van der Waals surface area (Å²) in [5.74, 6) is -1.58. The Morgan fingerprint density at radius 2 is 2.30 bits per heavy atom. The van der Waals surface area contributed by atoms with E-state index in [1.807, 2.05) is 18.9 Å². The molecule has 0 amide bonds. The minimum absolute atomic E-state index is 0.100. The van der Waals surface area contributed by atoms with E-state index in [-0.39, 0.29) is 11.6 Å². The molecule has 106 valence electrons. The Bertz CT molecular complexity index is 549. The molecule has 20 heavy (non-hydrogen) atoms. The zero-order chi connectivity index (χ0) is 15.1. The summed E-state index contributed by atoms with van der Waals surface area (Å²) in [6.07, 6.45) is 2.56. The lowest BCUT2D eigenvalue weighted by atomic mass is 10.1. The molecule has 0 spiro atoms. The summed E-state index contributed by atoms with van der Waals surface area (Å²) < 4.78 is 13.5. The minimum atomic E-state index is -1.12. The summed E-state index contributed by atoms with van der Waals surface area (Å²) in [5, 5.41) is 17.2. The lowest BCUT2D eigenvalue weighted by Gasteiger charge is -2.22. The van der Waals surface area contributed by atoms with Crippen LogP contribution in [-0.2, 0) is 11.3 Å². The van der Waals surface area contributed by atoms with E-state index in [0.717, 1.165) is 11.6 Å². The van der Waals surface area contributed by atoms with Crippen LogP contribution in [-0.4, -0.2) is 29.1 Å². The van der Waals surface area contributed by atoms with Crippen molar-refractivity contribution in [3.8, 4) is 6.07 Å². The van der Waals surface area contributed by atoms with Gasteiger partial charge in [0.2, 0.25) is 0 Å². The smallest absolute Gasteiger partial charge is 0.328 e. The quantitative estimate of drug-likeness (QED) is 0.811. The Hall–Kier alpha value is -2.19. The summed E-state index contributed by atoms with van der Waals surface area (Å²) in [6, 6.07) is 6.80. The Kier molecular flexibility index (Phi) is 5.88. The average Bonchev–Trinajstić information content (AvgIpc) is 2.39. The van der Waals surface area contributed by atoms with Gasteiger partial charge < -0.3 is 5.11 Å². The second-order valence-electron chi connectivity index (χ2n) is 4.65. The number of nitrogens with zero attached hydrogens (tertiary/aromatic N) is 2. The highest BCUT2D eigenvalue weighted by Crippen LogP contribution is 2.15. The van der Waals surface area contributed by atoms with Crippen molar-refractivity contribution in [3.05, 3.63) is 41.2 Å². The first kappa shape index (κ1) is 15.9. The van der Waals surface area contributed by atoms with Gasteiger partial charge in [-0.3, -0.25) is 4.90 Å². The molecular formula is C15H17FN2O2. The summed E-state index contributed by atoms with van der Waals surface area (Å²) in [6.45, 7) is 2.51. The first-order chi connectivity index (χ1) is 9.43. The number of hydrogen-bond donors (Lipinski definition) is 1. The van der Waals surface area contributed by atoms with Gasteiger partial charge in [-0.2, -0.15) is 5.26 Å². The zero-order valence-corrected chi connectivity index (χ0v) is 11.5. The van der Waals surface area contributed by atoms with Gasteiger partial charge in [-0.15, -0.1) is 0 Å². The fraction of sp³-hybridized carbons (Fsp3) is 0.333. The molecule has 5 heteroatoms. The van der Waals surface area contributed by atoms with Crippen molar-refractivity contribution in [2.24, 2.45) is 0 Å². The Labute approximate surface area is 117 Å². The second kappa shape index (κ2) is 7.41. The first-order valence-electron chi connectivity index (χ1n) is 6.20. The maximum Gasteiger partial charge on any atom is 0.328 e. The maximum atomic E-state index is 13.5. The molecule has 0 aliphatic carbocycles. The largest absolute Gasteiger partial charge is 0.478 e. The van der Waals surface area contributed by atoms with Crippen molar-refractivity contribution in [1.29, 1.82) is 5.26 Å². The molecule has 1 atom stereocenters. The molecule has 0 fully saturated rings. The van der Waals surface area contributed by atoms with E-state index >= 15 is 0 Å². The molecule has 1 N–H and O–H groups in total. The van der Waals surface area contributed by atoms with Crippen LogP contribution in [0.3, 0.4) is 0 Å². The highest BCUT2D eigenvalue weighted by atomic mass is 19.1. The van der Waals surface area contributed by atoms with Crippen LogP contribution >= 0.6 is 0 Å². The van der Waals surface area contributed by atoms with Gasteiger partial charge in [0.25, 0.3) is 0 Å². The Balaban J connectivity index is 2.85. The number of nitriles is 1. The molecule has 0 aliphatic heterocycles. The molecule has 0 aromatic heterocycles. The zero-order valence-electron chi connectivity index (χ0n) is 11.5. The van der Waals surface area contributed by atoms with Crippen LogP contribution < -0.4 is 0 Å². The van der Waals surface area contributed by atoms with E-state index in [1.165, 1.54) is 12.1 Å². The maximum absolute atomic E-state index is 13.5. The van der Waals surface area contributed by atoms with Crippen molar-refractivity contribution < 1.29 is 14.3 Å². The monoisotopic (exact) mass is 276 g/mol. The normalized spacial score (nSPS) is 12.6. The molecule has 0 aliphatic rings. The Morgan fingerprint density at radius 1 is 1.60 bits per heavy atom. The summed E-state index contributed by atoms with van der Waals surface area (Å²) >= 11 is 0. The van der Waals surface area contributed by atoms with Gasteiger partial charge in [0.1, 0.15) is 5.82 Å². The molecule has 0 heterocycles. The van der Waals surface area contributed by atoms with E-state index in [9.17, 15) is 9.18 Å². The van der Waals surface area contributed by atoms with Crippen LogP contribution in [0.25, 0.3) is 6.08 Å². The summed E-state index contributed by atoms with van der Waals surface area (Å²) in [4.78, 5) is 12.4. The lowest BCUT2D eigenvalue weighted by Crippen LogP contribution is -2.28. The van der Waals surface area contributed by atoms with Gasteiger partial charge in [0.15, 0.2) is 0 Å². The third kappa shape index (κ3) is 4.82. The number of carboxylic acid groups (broad SMARTS) is 1. The summed E-state index contributed by atoms with van der Waals surface area (Å²) in [7, 11) is 1.89. The van der Waals surface area contributed by atoms with Crippen LogP contribution in [0.15, 0.2) is 24.3 Å². The number of hydrogen-bond acceptors (Lipinski definition) is 3. The lowest BCUT2D eigenvalue weighted by molar-refractivity contribution is -0.131. The molecule has 1 unspecified atom stereocenters. The molecular weight excluding hydrogens is 259 g/mol. The SMILES string of the molecule is CC(CC#N)N(C)Cc1ccc(F)c(C=CC(=O)O)c1. The van der Waals surface area contributed by atoms with Gasteiger partial charge in [-0.05, 0) is 37.7 Å². The number of benzene rings is 1. The number of aliphatic carboxylic acids is 1. The van der Waals surface area contributed by atoms with Gasteiger partial charge in [-0.1, -0.05) is 6.07 Å². The summed E-state index contributed by atoms with van der Waals surface area (Å²) in [5.41, 5.74) is 1.11. The van der Waals surface area contributed by atoms with E-state index in [1.54, 1.807) is 12.1 Å².